The molecule has 0 radical (unpaired) electrons. The Morgan fingerprint density at radius 2 is 0.800 bits per heavy atom. The van der Waals surface area contributed by atoms with Gasteiger partial charge in [0.05, 0.1) is 32.7 Å². The summed E-state index contributed by atoms with van der Waals surface area (Å²) in [4.78, 5) is 64.7. The minimum Gasteiger partial charge on any atom is -0.480 e. The van der Waals surface area contributed by atoms with Crippen LogP contribution >= 0.6 is 0 Å². The second-order valence-corrected chi connectivity index (χ2v) is 11.8. The van der Waals surface area contributed by atoms with Gasteiger partial charge in [-0.2, -0.15) is 0 Å². The summed E-state index contributed by atoms with van der Waals surface area (Å²) in [6.07, 6.45) is 2.80. The van der Waals surface area contributed by atoms with Crippen molar-refractivity contribution in [2.24, 2.45) is 0 Å². The molecule has 4 rings (SSSR count). The first-order valence-corrected chi connectivity index (χ1v) is 15.1. The lowest BCUT2D eigenvalue weighted by molar-refractivity contribution is -0.141. The van der Waals surface area contributed by atoms with Crippen LogP contribution in [0.25, 0.3) is 0 Å². The van der Waals surface area contributed by atoms with Gasteiger partial charge < -0.3 is 26.0 Å². The average molecular weight is 624 g/mol. The molecule has 0 aromatic heterocycles. The van der Waals surface area contributed by atoms with Gasteiger partial charge in [-0.1, -0.05) is 48.5 Å². The van der Waals surface area contributed by atoms with Gasteiger partial charge in [-0.15, -0.1) is 0 Å². The number of hydrogen-bond acceptors (Lipinski definition) is 8. The van der Waals surface area contributed by atoms with Gasteiger partial charge in [0.15, 0.2) is 0 Å². The summed E-state index contributed by atoms with van der Waals surface area (Å²) in [5.41, 5.74) is 4.70. The number of aliphatic carboxylic acids is 3. The van der Waals surface area contributed by atoms with Crippen LogP contribution in [0.5, 0.6) is 0 Å². The van der Waals surface area contributed by atoms with Crippen molar-refractivity contribution in [3.05, 3.63) is 70.8 Å². The molecule has 13 heteroatoms. The summed E-state index contributed by atoms with van der Waals surface area (Å²) in [7, 11) is 0. The minimum absolute atomic E-state index is 0.0773. The molecule has 0 heterocycles. The van der Waals surface area contributed by atoms with E-state index in [-0.39, 0.29) is 69.7 Å². The number of nitrogens with one attached hydrogen (secondary N) is 2. The highest BCUT2D eigenvalue weighted by Gasteiger charge is 2.26. The zero-order valence-electron chi connectivity index (χ0n) is 25.2. The monoisotopic (exact) mass is 623 g/mol. The van der Waals surface area contributed by atoms with E-state index in [1.807, 2.05) is 48.5 Å². The lowest BCUT2D eigenvalue weighted by Gasteiger charge is -2.28. The van der Waals surface area contributed by atoms with Gasteiger partial charge >= 0.3 is 17.9 Å². The van der Waals surface area contributed by atoms with E-state index < -0.39 is 31.0 Å². The fraction of sp³-hybridized carbons (Fsp3) is 0.469. The fourth-order valence-electron chi connectivity index (χ4n) is 6.11. The third-order valence-corrected chi connectivity index (χ3v) is 8.11. The standard InChI is InChI=1S/C32H41N5O8/c38-28(33-26-13-22-5-1-2-6-23(22)14-26)17-36(20-31(42)43)11-9-35(19-30(40)41)10-12-37(21-32(44)45)18-29(39)34-27-15-24-7-3-4-8-25(24)16-27/h1-8,26-27H,9-21H2,(H,33,38)(H,34,39)(H,40,41)(H,42,43)(H,44,45). The smallest absolute Gasteiger partial charge is 0.317 e. The maximum Gasteiger partial charge on any atom is 0.317 e. The summed E-state index contributed by atoms with van der Waals surface area (Å²) in [6.45, 7) is -1.09. The number of carboxylic acids is 3. The number of nitrogens with zero attached hydrogens (tertiary/aromatic N) is 3. The van der Waals surface area contributed by atoms with Crippen LogP contribution in [0, 0.1) is 0 Å². The largest absolute Gasteiger partial charge is 0.480 e. The van der Waals surface area contributed by atoms with E-state index in [1.54, 1.807) is 4.90 Å². The Morgan fingerprint density at radius 3 is 1.11 bits per heavy atom. The number of benzene rings is 2. The Balaban J connectivity index is 1.28. The van der Waals surface area contributed by atoms with Crippen molar-refractivity contribution < 1.29 is 39.3 Å². The zero-order chi connectivity index (χ0) is 32.3. The van der Waals surface area contributed by atoms with Crippen LogP contribution < -0.4 is 10.6 Å². The Morgan fingerprint density at radius 1 is 0.511 bits per heavy atom. The summed E-state index contributed by atoms with van der Waals surface area (Å²) in [6, 6.07) is 15.7. The molecule has 2 amide bonds. The third-order valence-electron chi connectivity index (χ3n) is 8.11. The van der Waals surface area contributed by atoms with E-state index >= 15 is 0 Å². The first-order valence-electron chi connectivity index (χ1n) is 15.1. The van der Waals surface area contributed by atoms with Crippen LogP contribution in [-0.2, 0) is 49.7 Å². The fourth-order valence-corrected chi connectivity index (χ4v) is 6.11. The van der Waals surface area contributed by atoms with Gasteiger partial charge in [-0.05, 0) is 47.9 Å². The van der Waals surface area contributed by atoms with E-state index in [9.17, 15) is 39.3 Å². The SMILES string of the molecule is O=C(O)CN(CCN(CC(=O)O)CC(=O)NC1Cc2ccccc2C1)CCN(CC(=O)O)CC(=O)NC1Cc2ccccc2C1. The molecule has 0 saturated heterocycles. The van der Waals surface area contributed by atoms with Crippen molar-refractivity contribution >= 4 is 29.7 Å². The molecule has 0 saturated carbocycles. The van der Waals surface area contributed by atoms with Gasteiger partial charge in [0.1, 0.15) is 0 Å². The van der Waals surface area contributed by atoms with Crippen molar-refractivity contribution in [1.82, 2.24) is 25.3 Å². The molecule has 2 aliphatic carbocycles. The van der Waals surface area contributed by atoms with Crippen LogP contribution in [0.3, 0.4) is 0 Å². The Kier molecular flexibility index (Phi) is 12.0. The lowest BCUT2D eigenvalue weighted by atomic mass is 10.1. The summed E-state index contributed by atoms with van der Waals surface area (Å²) >= 11 is 0. The maximum atomic E-state index is 12.8. The normalized spacial score (nSPS) is 14.5. The molecular weight excluding hydrogens is 582 g/mol. The van der Waals surface area contributed by atoms with Crippen molar-refractivity contribution in [2.45, 2.75) is 37.8 Å². The number of carbonyl (C=O) groups is 5. The van der Waals surface area contributed by atoms with Crippen molar-refractivity contribution in [2.75, 3.05) is 58.9 Å². The van der Waals surface area contributed by atoms with Gasteiger partial charge in [-0.25, -0.2) is 0 Å². The molecule has 45 heavy (non-hydrogen) atoms. The molecule has 0 aliphatic heterocycles. The molecular formula is C32H41N5O8. The molecule has 0 spiro atoms. The zero-order valence-corrected chi connectivity index (χ0v) is 25.2. The van der Waals surface area contributed by atoms with Crippen LogP contribution in [0.15, 0.2) is 48.5 Å². The van der Waals surface area contributed by atoms with Crippen molar-refractivity contribution in [3.8, 4) is 0 Å². The topological polar surface area (TPSA) is 180 Å². The average Bonchev–Trinajstić information content (AvgIpc) is 3.55. The van der Waals surface area contributed by atoms with Crippen LogP contribution in [0.2, 0.25) is 0 Å². The van der Waals surface area contributed by atoms with Gasteiger partial charge in [0.2, 0.25) is 11.8 Å². The molecule has 0 atom stereocenters. The second-order valence-electron chi connectivity index (χ2n) is 11.8. The predicted octanol–water partition coefficient (Wildman–Crippen LogP) is -0.287. The lowest BCUT2D eigenvalue weighted by Crippen LogP contribution is -2.48. The maximum absolute atomic E-state index is 12.8. The molecule has 13 nitrogen and oxygen atoms in total. The number of amides is 2. The second kappa shape index (κ2) is 16.1. The highest BCUT2D eigenvalue weighted by molar-refractivity contribution is 5.80. The predicted molar refractivity (Wildman–Crippen MR) is 164 cm³/mol. The first-order chi connectivity index (χ1) is 21.5. The number of fused-ring (bicyclic) bond motifs is 2. The van der Waals surface area contributed by atoms with Crippen molar-refractivity contribution in [3.63, 3.8) is 0 Å². The van der Waals surface area contributed by atoms with E-state index in [0.29, 0.717) is 25.7 Å². The number of carbonyl (C=O) groups excluding carboxylic acids is 2. The molecule has 0 unspecified atom stereocenters. The number of hydrogen-bond donors (Lipinski definition) is 5. The van der Waals surface area contributed by atoms with E-state index in [4.69, 9.17) is 0 Å². The molecule has 0 fully saturated rings. The molecule has 2 aromatic carbocycles. The highest BCUT2D eigenvalue weighted by atomic mass is 16.4. The van der Waals surface area contributed by atoms with Gasteiger partial charge in [0.25, 0.3) is 0 Å². The summed E-state index contributed by atoms with van der Waals surface area (Å²) < 4.78 is 0. The van der Waals surface area contributed by atoms with Gasteiger partial charge in [0, 0.05) is 38.3 Å². The first kappa shape index (κ1) is 33.6. The van der Waals surface area contributed by atoms with E-state index in [1.165, 1.54) is 32.1 Å². The molecule has 5 N–H and O–H groups in total. The third kappa shape index (κ3) is 11.0. The number of rotatable bonds is 18. The van der Waals surface area contributed by atoms with Crippen LogP contribution in [0.4, 0.5) is 0 Å². The molecule has 2 aromatic rings. The Hall–Kier alpha value is -4.33. The van der Waals surface area contributed by atoms with Crippen LogP contribution in [0.1, 0.15) is 22.3 Å². The quantitative estimate of drug-likeness (QED) is 0.147. The Bertz CT molecular complexity index is 1240. The summed E-state index contributed by atoms with van der Waals surface area (Å²) in [5, 5.41) is 34.3. The van der Waals surface area contributed by atoms with Crippen molar-refractivity contribution in [1.29, 1.82) is 0 Å². The summed E-state index contributed by atoms with van der Waals surface area (Å²) in [5.74, 6) is -3.98. The molecule has 0 bridgehead atoms. The van der Waals surface area contributed by atoms with E-state index in [2.05, 4.69) is 10.6 Å². The van der Waals surface area contributed by atoms with E-state index in [0.717, 1.165) is 0 Å². The number of carboxylic acid groups (broad SMARTS) is 3. The Labute approximate surface area is 261 Å². The minimum atomic E-state index is -1.12. The van der Waals surface area contributed by atoms with Crippen LogP contribution in [-0.4, -0.2) is 131 Å². The molecule has 242 valence electrons. The van der Waals surface area contributed by atoms with Gasteiger partial charge in [-0.3, -0.25) is 38.7 Å². The highest BCUT2D eigenvalue weighted by Crippen LogP contribution is 2.22. The molecule has 2 aliphatic rings.